The number of aromatic nitrogens is 3. The van der Waals surface area contributed by atoms with Crippen molar-refractivity contribution in [1.82, 2.24) is 15.1 Å². The Balaban J connectivity index is 1.34. The van der Waals surface area contributed by atoms with Crippen molar-refractivity contribution in [2.75, 3.05) is 0 Å². The van der Waals surface area contributed by atoms with Gasteiger partial charge in [-0.15, -0.1) is 23.1 Å². The first kappa shape index (κ1) is 16.1. The highest BCUT2D eigenvalue weighted by Crippen LogP contribution is 2.26. The van der Waals surface area contributed by atoms with Gasteiger partial charge in [0, 0.05) is 22.3 Å². The number of thiazole rings is 1. The van der Waals surface area contributed by atoms with Crippen molar-refractivity contribution in [3.8, 4) is 22.0 Å². The maximum atomic E-state index is 5.33. The first-order chi connectivity index (χ1) is 12.4. The SMILES string of the molecule is c1ccc(-c2noc(CSCc3csc(-c4ccccc4)n3)n2)cc1. The molecule has 0 aliphatic rings. The summed E-state index contributed by atoms with van der Waals surface area (Å²) in [4.78, 5) is 9.14. The van der Waals surface area contributed by atoms with E-state index in [1.165, 1.54) is 0 Å². The smallest absolute Gasteiger partial charge is 0.236 e. The minimum Gasteiger partial charge on any atom is -0.338 e. The van der Waals surface area contributed by atoms with E-state index in [0.717, 1.165) is 27.6 Å². The van der Waals surface area contributed by atoms with Crippen LogP contribution < -0.4 is 0 Å². The standard InChI is InChI=1S/C19H15N3OS2/c1-3-7-14(8-4-1)18-21-17(23-22-18)13-24-11-16-12-25-19(20-16)15-9-5-2-6-10-15/h1-10,12H,11,13H2. The fourth-order valence-corrected chi connectivity index (χ4v) is 4.03. The van der Waals surface area contributed by atoms with E-state index in [2.05, 4.69) is 27.7 Å². The van der Waals surface area contributed by atoms with E-state index in [9.17, 15) is 0 Å². The average molecular weight is 365 g/mol. The van der Waals surface area contributed by atoms with E-state index in [1.54, 1.807) is 23.1 Å². The molecular formula is C19H15N3OS2. The highest BCUT2D eigenvalue weighted by Gasteiger charge is 2.09. The molecule has 6 heteroatoms. The zero-order chi connectivity index (χ0) is 16.9. The largest absolute Gasteiger partial charge is 0.338 e. The molecule has 2 aromatic heterocycles. The van der Waals surface area contributed by atoms with Gasteiger partial charge in [0.2, 0.25) is 11.7 Å². The van der Waals surface area contributed by atoms with Crippen molar-refractivity contribution < 1.29 is 4.52 Å². The molecule has 0 amide bonds. The maximum Gasteiger partial charge on any atom is 0.236 e. The Morgan fingerprint density at radius 1 is 0.840 bits per heavy atom. The fraction of sp³-hybridized carbons (Fsp3) is 0.105. The zero-order valence-electron chi connectivity index (χ0n) is 13.3. The van der Waals surface area contributed by atoms with Crippen LogP contribution in [0.5, 0.6) is 0 Å². The Labute approximate surface area is 154 Å². The molecule has 25 heavy (non-hydrogen) atoms. The van der Waals surface area contributed by atoms with Crippen molar-refractivity contribution in [3.63, 3.8) is 0 Å². The Hall–Kier alpha value is -2.44. The minimum atomic E-state index is 0.635. The normalized spacial score (nSPS) is 10.9. The van der Waals surface area contributed by atoms with Crippen LogP contribution in [0, 0.1) is 0 Å². The summed E-state index contributed by atoms with van der Waals surface area (Å²) in [5.41, 5.74) is 3.21. The molecule has 0 bridgehead atoms. The Bertz CT molecular complexity index is 858. The summed E-state index contributed by atoms with van der Waals surface area (Å²) in [6.45, 7) is 0. The van der Waals surface area contributed by atoms with Crippen molar-refractivity contribution in [2.24, 2.45) is 0 Å². The van der Waals surface area contributed by atoms with Gasteiger partial charge < -0.3 is 4.52 Å². The molecule has 0 atom stereocenters. The molecular weight excluding hydrogens is 350 g/mol. The quantitative estimate of drug-likeness (QED) is 0.464. The average Bonchev–Trinajstić information content (AvgIpc) is 3.33. The molecule has 0 saturated heterocycles. The summed E-state index contributed by atoms with van der Waals surface area (Å²) in [6, 6.07) is 20.1. The lowest BCUT2D eigenvalue weighted by Crippen LogP contribution is -1.85. The van der Waals surface area contributed by atoms with Crippen molar-refractivity contribution in [3.05, 3.63) is 77.6 Å². The van der Waals surface area contributed by atoms with E-state index in [-0.39, 0.29) is 0 Å². The van der Waals surface area contributed by atoms with E-state index in [0.29, 0.717) is 17.5 Å². The van der Waals surface area contributed by atoms with Crippen LogP contribution in [0.1, 0.15) is 11.6 Å². The molecule has 0 radical (unpaired) electrons. The second-order valence-electron chi connectivity index (χ2n) is 5.38. The summed E-state index contributed by atoms with van der Waals surface area (Å²) >= 11 is 3.40. The fourth-order valence-electron chi connectivity index (χ4n) is 2.35. The second-order valence-corrected chi connectivity index (χ2v) is 7.22. The summed E-state index contributed by atoms with van der Waals surface area (Å²) in [6.07, 6.45) is 0. The molecule has 0 unspecified atom stereocenters. The van der Waals surface area contributed by atoms with Gasteiger partial charge in [0.05, 0.1) is 11.4 Å². The van der Waals surface area contributed by atoms with Gasteiger partial charge in [-0.25, -0.2) is 4.98 Å². The highest BCUT2D eigenvalue weighted by molar-refractivity contribution is 7.97. The third-order valence-corrected chi connectivity index (χ3v) is 5.44. The molecule has 4 aromatic rings. The third kappa shape index (κ3) is 3.97. The number of nitrogens with zero attached hydrogens (tertiary/aromatic N) is 3. The second kappa shape index (κ2) is 7.63. The van der Waals surface area contributed by atoms with Crippen LogP contribution in [0.2, 0.25) is 0 Å². The molecule has 2 aromatic carbocycles. The lowest BCUT2D eigenvalue weighted by Gasteiger charge is -1.95. The summed E-state index contributed by atoms with van der Waals surface area (Å²) < 4.78 is 5.33. The molecule has 0 fully saturated rings. The van der Waals surface area contributed by atoms with Crippen LogP contribution in [-0.4, -0.2) is 15.1 Å². The number of benzene rings is 2. The van der Waals surface area contributed by atoms with Gasteiger partial charge in [-0.2, -0.15) is 4.98 Å². The van der Waals surface area contributed by atoms with Crippen LogP contribution in [-0.2, 0) is 11.5 Å². The topological polar surface area (TPSA) is 51.8 Å². The maximum absolute atomic E-state index is 5.33. The van der Waals surface area contributed by atoms with Gasteiger partial charge in [0.1, 0.15) is 5.01 Å². The Morgan fingerprint density at radius 3 is 2.32 bits per heavy atom. The zero-order valence-corrected chi connectivity index (χ0v) is 15.0. The monoisotopic (exact) mass is 365 g/mol. The Morgan fingerprint density at radius 2 is 1.56 bits per heavy atom. The van der Waals surface area contributed by atoms with Crippen LogP contribution in [0.25, 0.3) is 22.0 Å². The van der Waals surface area contributed by atoms with Gasteiger partial charge in [0.15, 0.2) is 0 Å². The predicted molar refractivity (Wildman–Crippen MR) is 102 cm³/mol. The molecule has 0 aliphatic carbocycles. The number of rotatable bonds is 6. The molecule has 2 heterocycles. The van der Waals surface area contributed by atoms with Crippen molar-refractivity contribution in [1.29, 1.82) is 0 Å². The third-order valence-electron chi connectivity index (χ3n) is 3.55. The first-order valence-corrected chi connectivity index (χ1v) is 9.87. The number of thioether (sulfide) groups is 1. The predicted octanol–water partition coefficient (Wildman–Crippen LogP) is 5.29. The van der Waals surface area contributed by atoms with Gasteiger partial charge in [-0.1, -0.05) is 65.8 Å². The highest BCUT2D eigenvalue weighted by atomic mass is 32.2. The lowest BCUT2D eigenvalue weighted by atomic mass is 10.2. The molecule has 4 nitrogen and oxygen atoms in total. The molecule has 124 valence electrons. The van der Waals surface area contributed by atoms with E-state index >= 15 is 0 Å². The molecule has 0 N–H and O–H groups in total. The van der Waals surface area contributed by atoms with Crippen molar-refractivity contribution in [2.45, 2.75) is 11.5 Å². The van der Waals surface area contributed by atoms with Gasteiger partial charge in [-0.05, 0) is 0 Å². The van der Waals surface area contributed by atoms with Gasteiger partial charge >= 0.3 is 0 Å². The molecule has 0 saturated carbocycles. The summed E-state index contributed by atoms with van der Waals surface area (Å²) in [7, 11) is 0. The molecule has 0 aliphatic heterocycles. The van der Waals surface area contributed by atoms with Gasteiger partial charge in [-0.3, -0.25) is 0 Å². The Kier molecular flexibility index (Phi) is 4.90. The number of hydrogen-bond acceptors (Lipinski definition) is 6. The molecule has 4 rings (SSSR count). The lowest BCUT2D eigenvalue weighted by molar-refractivity contribution is 0.391. The van der Waals surface area contributed by atoms with E-state index in [1.807, 2.05) is 48.5 Å². The molecule has 0 spiro atoms. The van der Waals surface area contributed by atoms with Gasteiger partial charge in [0.25, 0.3) is 0 Å². The van der Waals surface area contributed by atoms with Crippen LogP contribution in [0.15, 0.2) is 70.6 Å². The van der Waals surface area contributed by atoms with E-state index < -0.39 is 0 Å². The van der Waals surface area contributed by atoms with Crippen molar-refractivity contribution >= 4 is 23.1 Å². The van der Waals surface area contributed by atoms with Crippen LogP contribution in [0.3, 0.4) is 0 Å². The first-order valence-electron chi connectivity index (χ1n) is 7.84. The summed E-state index contributed by atoms with van der Waals surface area (Å²) in [5, 5.41) is 7.21. The minimum absolute atomic E-state index is 0.635. The van der Waals surface area contributed by atoms with Crippen LogP contribution >= 0.6 is 23.1 Å². The van der Waals surface area contributed by atoms with E-state index in [4.69, 9.17) is 9.51 Å². The van der Waals surface area contributed by atoms with Crippen LogP contribution in [0.4, 0.5) is 0 Å². The number of hydrogen-bond donors (Lipinski definition) is 0. The summed E-state index contributed by atoms with van der Waals surface area (Å²) in [5.74, 6) is 2.78.